The molecular weight excluding hydrogens is 313 g/mol. The maximum Gasteiger partial charge on any atom is 0.410 e. The van der Waals surface area contributed by atoms with Crippen molar-refractivity contribution in [2.24, 2.45) is 0 Å². The van der Waals surface area contributed by atoms with Gasteiger partial charge in [0.25, 0.3) is 0 Å². The molecule has 2 heterocycles. The fourth-order valence-corrected chi connectivity index (χ4v) is 3.58. The minimum Gasteiger partial charge on any atom is -0.444 e. The molecule has 1 N–H and O–H groups in total. The molecule has 2 unspecified atom stereocenters. The smallest absolute Gasteiger partial charge is 0.410 e. The number of benzene rings is 1. The van der Waals surface area contributed by atoms with E-state index in [9.17, 15) is 14.3 Å². The monoisotopic (exact) mass is 337 g/mol. The van der Waals surface area contributed by atoms with E-state index in [0.29, 0.717) is 31.6 Å². The van der Waals surface area contributed by atoms with Gasteiger partial charge in [0.1, 0.15) is 11.4 Å². The molecule has 2 aliphatic heterocycles. The van der Waals surface area contributed by atoms with Crippen molar-refractivity contribution in [1.29, 1.82) is 0 Å². The largest absolute Gasteiger partial charge is 0.444 e. The Kier molecular flexibility index (Phi) is 4.30. The minimum absolute atomic E-state index is 0.262. The topological polar surface area (TPSA) is 59.0 Å². The summed E-state index contributed by atoms with van der Waals surface area (Å²) in [6.07, 6.45) is 0.310. The van der Waals surface area contributed by atoms with Crippen molar-refractivity contribution in [3.8, 4) is 0 Å². The number of hydrogen-bond acceptors (Lipinski definition) is 4. The SMILES string of the molecule is CC(C)(C)OC(=O)N1C2COCC1CC(O)(c1ccc(F)cc1)C2. The van der Waals surface area contributed by atoms with Crippen LogP contribution in [0.4, 0.5) is 9.18 Å². The van der Waals surface area contributed by atoms with Crippen LogP contribution >= 0.6 is 0 Å². The van der Waals surface area contributed by atoms with Gasteiger partial charge in [-0.2, -0.15) is 0 Å². The maximum absolute atomic E-state index is 13.2. The molecule has 132 valence electrons. The zero-order valence-corrected chi connectivity index (χ0v) is 14.3. The van der Waals surface area contributed by atoms with Gasteiger partial charge in [-0.15, -0.1) is 0 Å². The number of carbonyl (C=O) groups is 1. The second kappa shape index (κ2) is 6.01. The van der Waals surface area contributed by atoms with Gasteiger partial charge >= 0.3 is 6.09 Å². The van der Waals surface area contributed by atoms with Gasteiger partial charge in [-0.3, -0.25) is 4.90 Å². The van der Waals surface area contributed by atoms with Crippen LogP contribution in [0.2, 0.25) is 0 Å². The summed E-state index contributed by atoms with van der Waals surface area (Å²) in [4.78, 5) is 14.2. The summed E-state index contributed by atoms with van der Waals surface area (Å²) in [5, 5.41) is 11.1. The average Bonchev–Trinajstić information content (AvgIpc) is 2.44. The third kappa shape index (κ3) is 3.39. The second-order valence-corrected chi connectivity index (χ2v) is 7.68. The number of carbonyl (C=O) groups excluding carboxylic acids is 1. The highest BCUT2D eigenvalue weighted by atomic mass is 19.1. The van der Waals surface area contributed by atoms with E-state index in [1.807, 2.05) is 20.8 Å². The molecule has 0 aliphatic carbocycles. The molecule has 1 amide bonds. The lowest BCUT2D eigenvalue weighted by atomic mass is 9.77. The van der Waals surface area contributed by atoms with Gasteiger partial charge in [-0.25, -0.2) is 9.18 Å². The van der Waals surface area contributed by atoms with E-state index in [0.717, 1.165) is 0 Å². The lowest BCUT2D eigenvalue weighted by Gasteiger charge is -2.51. The van der Waals surface area contributed by atoms with Crippen molar-refractivity contribution >= 4 is 6.09 Å². The van der Waals surface area contributed by atoms with Crippen LogP contribution in [0.3, 0.4) is 0 Å². The van der Waals surface area contributed by atoms with E-state index in [1.165, 1.54) is 12.1 Å². The first-order chi connectivity index (χ1) is 11.2. The fraction of sp³-hybridized carbons (Fsp3) is 0.611. The molecule has 6 heteroatoms. The zero-order chi connectivity index (χ0) is 17.5. The highest BCUT2D eigenvalue weighted by Crippen LogP contribution is 2.41. The molecule has 5 nitrogen and oxygen atoms in total. The van der Waals surface area contributed by atoms with E-state index in [-0.39, 0.29) is 24.0 Å². The van der Waals surface area contributed by atoms with Gasteiger partial charge in [0.2, 0.25) is 0 Å². The van der Waals surface area contributed by atoms with Crippen molar-refractivity contribution in [2.45, 2.75) is 56.9 Å². The molecule has 0 saturated carbocycles. The third-order valence-corrected chi connectivity index (χ3v) is 4.54. The molecule has 0 aromatic heterocycles. The highest BCUT2D eigenvalue weighted by molar-refractivity contribution is 5.69. The molecule has 2 fully saturated rings. The predicted octanol–water partition coefficient (Wildman–Crippen LogP) is 2.81. The van der Waals surface area contributed by atoms with Gasteiger partial charge in [0, 0.05) is 12.8 Å². The summed E-state index contributed by atoms with van der Waals surface area (Å²) >= 11 is 0. The Morgan fingerprint density at radius 2 is 1.79 bits per heavy atom. The number of nitrogens with zero attached hydrogens (tertiary/aromatic N) is 1. The number of aliphatic hydroxyl groups is 1. The zero-order valence-electron chi connectivity index (χ0n) is 14.3. The Balaban J connectivity index is 1.82. The van der Waals surface area contributed by atoms with Crippen molar-refractivity contribution < 1.29 is 23.8 Å². The minimum atomic E-state index is -1.09. The summed E-state index contributed by atoms with van der Waals surface area (Å²) in [6.45, 7) is 6.21. The van der Waals surface area contributed by atoms with Crippen molar-refractivity contribution in [3.63, 3.8) is 0 Å². The van der Waals surface area contributed by atoms with Gasteiger partial charge in [0.05, 0.1) is 30.9 Å². The van der Waals surface area contributed by atoms with Crippen LogP contribution < -0.4 is 0 Å². The summed E-state index contributed by atoms with van der Waals surface area (Å²) in [6, 6.07) is 5.38. The molecule has 0 spiro atoms. The second-order valence-electron chi connectivity index (χ2n) is 7.68. The van der Waals surface area contributed by atoms with E-state index >= 15 is 0 Å². The number of hydrogen-bond donors (Lipinski definition) is 1. The van der Waals surface area contributed by atoms with Gasteiger partial charge in [-0.05, 0) is 38.5 Å². The first-order valence-corrected chi connectivity index (χ1v) is 8.25. The van der Waals surface area contributed by atoms with Gasteiger partial charge in [-0.1, -0.05) is 12.1 Å². The molecular formula is C18H24FNO4. The first kappa shape index (κ1) is 17.2. The Morgan fingerprint density at radius 1 is 1.25 bits per heavy atom. The van der Waals surface area contributed by atoms with E-state index in [4.69, 9.17) is 9.47 Å². The van der Waals surface area contributed by atoms with Gasteiger partial charge < -0.3 is 14.6 Å². The van der Waals surface area contributed by atoms with Crippen LogP contribution in [0.5, 0.6) is 0 Å². The molecule has 24 heavy (non-hydrogen) atoms. The number of fused-ring (bicyclic) bond motifs is 2. The summed E-state index contributed by atoms with van der Waals surface area (Å²) in [7, 11) is 0. The number of morpholine rings is 1. The molecule has 2 atom stereocenters. The summed E-state index contributed by atoms with van der Waals surface area (Å²) < 4.78 is 24.2. The molecule has 1 aromatic rings. The van der Waals surface area contributed by atoms with Crippen LogP contribution in [-0.4, -0.2) is 47.0 Å². The lowest BCUT2D eigenvalue weighted by Crippen LogP contribution is -2.63. The summed E-state index contributed by atoms with van der Waals surface area (Å²) in [5.41, 5.74) is -0.993. The normalized spacial score (nSPS) is 30.1. The van der Waals surface area contributed by atoms with E-state index in [2.05, 4.69) is 0 Å². The Morgan fingerprint density at radius 3 is 2.29 bits per heavy atom. The average molecular weight is 337 g/mol. The standard InChI is InChI=1S/C18H24FNO4/c1-17(2,3)24-16(21)20-14-8-18(22,9-15(20)11-23-10-14)12-4-6-13(19)7-5-12/h4-7,14-15,22H,8-11H2,1-3H3. The number of rotatable bonds is 1. The van der Waals surface area contributed by atoms with Crippen LogP contribution in [0.15, 0.2) is 24.3 Å². The van der Waals surface area contributed by atoms with Crippen LogP contribution in [-0.2, 0) is 15.1 Å². The van der Waals surface area contributed by atoms with Crippen molar-refractivity contribution in [1.82, 2.24) is 4.90 Å². The number of halogens is 1. The number of amides is 1. The molecule has 0 radical (unpaired) electrons. The van der Waals surface area contributed by atoms with Crippen LogP contribution in [0, 0.1) is 5.82 Å². The predicted molar refractivity (Wildman–Crippen MR) is 86.0 cm³/mol. The van der Waals surface area contributed by atoms with E-state index in [1.54, 1.807) is 17.0 Å². The third-order valence-electron chi connectivity index (χ3n) is 4.54. The van der Waals surface area contributed by atoms with Crippen LogP contribution in [0.1, 0.15) is 39.2 Å². The Hall–Kier alpha value is -1.66. The van der Waals surface area contributed by atoms with Crippen LogP contribution in [0.25, 0.3) is 0 Å². The highest BCUT2D eigenvalue weighted by Gasteiger charge is 2.49. The lowest BCUT2D eigenvalue weighted by molar-refractivity contribution is -0.141. The summed E-state index contributed by atoms with van der Waals surface area (Å²) in [5.74, 6) is -0.336. The molecule has 1 aromatic carbocycles. The van der Waals surface area contributed by atoms with Gasteiger partial charge in [0.15, 0.2) is 0 Å². The fourth-order valence-electron chi connectivity index (χ4n) is 3.58. The quantitative estimate of drug-likeness (QED) is 0.856. The number of piperidine rings is 1. The van der Waals surface area contributed by atoms with E-state index < -0.39 is 11.2 Å². The van der Waals surface area contributed by atoms with Crippen molar-refractivity contribution in [3.05, 3.63) is 35.6 Å². The molecule has 2 aliphatic rings. The molecule has 3 rings (SSSR count). The maximum atomic E-state index is 13.2. The van der Waals surface area contributed by atoms with Crippen molar-refractivity contribution in [2.75, 3.05) is 13.2 Å². The first-order valence-electron chi connectivity index (χ1n) is 8.25. The molecule has 2 bridgehead atoms. The Bertz CT molecular complexity index is 596. The molecule has 2 saturated heterocycles. The number of ether oxygens (including phenoxy) is 2. The Labute approximate surface area is 141 Å².